The van der Waals surface area contributed by atoms with Crippen molar-refractivity contribution in [2.45, 2.75) is 9.79 Å². The fraction of sp³-hybridized carbons (Fsp3) is 0.100. The number of sulfonamides is 2. The molecule has 3 rings (SSSR count). The van der Waals surface area contributed by atoms with Crippen LogP contribution in [-0.2, 0) is 20.0 Å². The van der Waals surface area contributed by atoms with Gasteiger partial charge in [0, 0.05) is 11.8 Å². The third-order valence-corrected chi connectivity index (χ3v) is 7.57. The van der Waals surface area contributed by atoms with Crippen LogP contribution in [0.4, 0.5) is 11.4 Å². The highest BCUT2D eigenvalue weighted by atomic mass is 79.9. The van der Waals surface area contributed by atoms with E-state index in [1.807, 2.05) is 0 Å². The van der Waals surface area contributed by atoms with Crippen molar-refractivity contribution >= 4 is 47.4 Å². The minimum atomic E-state index is -3.88. The van der Waals surface area contributed by atoms with Crippen molar-refractivity contribution in [3.8, 4) is 11.5 Å². The van der Waals surface area contributed by atoms with Crippen molar-refractivity contribution in [1.82, 2.24) is 0 Å². The Bertz CT molecular complexity index is 1290. The summed E-state index contributed by atoms with van der Waals surface area (Å²) in [6.07, 6.45) is 0. The minimum absolute atomic E-state index is 0.0227. The van der Waals surface area contributed by atoms with Gasteiger partial charge in [-0.3, -0.25) is 9.44 Å². The third kappa shape index (κ3) is 5.49. The average Bonchev–Trinajstić information content (AvgIpc) is 2.73. The van der Waals surface area contributed by atoms with E-state index in [0.29, 0.717) is 21.7 Å². The summed E-state index contributed by atoms with van der Waals surface area (Å²) in [7, 11) is -4.79. The maximum Gasteiger partial charge on any atom is 0.261 e. The van der Waals surface area contributed by atoms with Gasteiger partial charge in [0.25, 0.3) is 20.0 Å². The Morgan fingerprint density at radius 2 is 1.32 bits per heavy atom. The molecule has 0 amide bonds. The first-order valence-corrected chi connectivity index (χ1v) is 12.5. The van der Waals surface area contributed by atoms with E-state index >= 15 is 0 Å². The molecule has 0 radical (unpaired) electrons. The van der Waals surface area contributed by atoms with E-state index in [1.54, 1.807) is 24.3 Å². The maximum absolute atomic E-state index is 12.6. The summed E-state index contributed by atoms with van der Waals surface area (Å²) in [5, 5.41) is 0. The minimum Gasteiger partial charge on any atom is -0.497 e. The van der Waals surface area contributed by atoms with Gasteiger partial charge in [-0.2, -0.15) is 0 Å². The first-order chi connectivity index (χ1) is 14.6. The number of ether oxygens (including phenoxy) is 2. The standard InChI is InChI=1S/C20H19BrN2O6S2/c1-28-16-5-3-4-15(12-16)23-30(24,25)17-8-6-14(7-9-17)22-31(26,27)18-10-11-20(29-2)19(21)13-18/h3-13,22-23H,1-2H3. The maximum atomic E-state index is 12.6. The van der Waals surface area contributed by atoms with Gasteiger partial charge in [-0.15, -0.1) is 0 Å². The molecule has 8 nitrogen and oxygen atoms in total. The Labute approximate surface area is 189 Å². The smallest absolute Gasteiger partial charge is 0.261 e. The van der Waals surface area contributed by atoms with Crippen LogP contribution in [0, 0.1) is 0 Å². The van der Waals surface area contributed by atoms with E-state index in [9.17, 15) is 16.8 Å². The van der Waals surface area contributed by atoms with Crippen molar-refractivity contribution < 1.29 is 26.3 Å². The average molecular weight is 527 g/mol. The van der Waals surface area contributed by atoms with Crippen molar-refractivity contribution in [3.63, 3.8) is 0 Å². The highest BCUT2D eigenvalue weighted by molar-refractivity contribution is 9.10. The summed E-state index contributed by atoms with van der Waals surface area (Å²) in [5.74, 6) is 1.01. The fourth-order valence-corrected chi connectivity index (χ4v) is 5.46. The summed E-state index contributed by atoms with van der Waals surface area (Å²) >= 11 is 3.25. The number of nitrogens with one attached hydrogen (secondary N) is 2. The lowest BCUT2D eigenvalue weighted by Gasteiger charge is -2.12. The molecule has 0 saturated heterocycles. The number of halogens is 1. The SMILES string of the molecule is COc1cccc(NS(=O)(=O)c2ccc(NS(=O)(=O)c3ccc(OC)c(Br)c3)cc2)c1. The number of methoxy groups -OCH3 is 2. The Kier molecular flexibility index (Phi) is 6.77. The number of benzene rings is 3. The third-order valence-electron chi connectivity index (χ3n) is 4.17. The molecule has 0 aliphatic heterocycles. The summed E-state index contributed by atoms with van der Waals surface area (Å²) < 4.78 is 66.0. The Balaban J connectivity index is 1.78. The van der Waals surface area contributed by atoms with Crippen LogP contribution in [0.3, 0.4) is 0 Å². The van der Waals surface area contributed by atoms with Crippen molar-refractivity contribution in [3.05, 3.63) is 71.2 Å². The highest BCUT2D eigenvalue weighted by Crippen LogP contribution is 2.28. The van der Waals surface area contributed by atoms with Gasteiger partial charge < -0.3 is 9.47 Å². The zero-order valence-electron chi connectivity index (χ0n) is 16.5. The summed E-state index contributed by atoms with van der Waals surface area (Å²) in [4.78, 5) is 0.00187. The lowest BCUT2D eigenvalue weighted by molar-refractivity contribution is 0.411. The second-order valence-electron chi connectivity index (χ2n) is 6.26. The molecule has 0 aromatic heterocycles. The summed E-state index contributed by atoms with van der Waals surface area (Å²) in [6, 6.07) is 16.2. The Morgan fingerprint density at radius 3 is 1.94 bits per heavy atom. The van der Waals surface area contributed by atoms with Gasteiger partial charge in [-0.25, -0.2) is 16.8 Å². The van der Waals surface area contributed by atoms with Gasteiger partial charge in [0.15, 0.2) is 0 Å². The molecule has 164 valence electrons. The normalized spacial score (nSPS) is 11.6. The molecule has 2 N–H and O–H groups in total. The van der Waals surface area contributed by atoms with E-state index in [1.165, 1.54) is 56.7 Å². The lowest BCUT2D eigenvalue weighted by atomic mass is 10.3. The van der Waals surface area contributed by atoms with Crippen LogP contribution in [0.25, 0.3) is 0 Å². The molecule has 0 bridgehead atoms. The molecule has 3 aromatic rings. The van der Waals surface area contributed by atoms with Crippen LogP contribution in [0.2, 0.25) is 0 Å². The van der Waals surface area contributed by atoms with Gasteiger partial charge >= 0.3 is 0 Å². The quantitative estimate of drug-likeness (QED) is 0.457. The highest BCUT2D eigenvalue weighted by Gasteiger charge is 2.18. The first-order valence-electron chi connectivity index (χ1n) is 8.78. The zero-order valence-corrected chi connectivity index (χ0v) is 19.7. The molecule has 0 fully saturated rings. The number of hydrogen-bond donors (Lipinski definition) is 2. The van der Waals surface area contributed by atoms with E-state index < -0.39 is 20.0 Å². The van der Waals surface area contributed by atoms with Gasteiger partial charge in [0.05, 0.1) is 34.2 Å². The van der Waals surface area contributed by atoms with Crippen LogP contribution >= 0.6 is 15.9 Å². The van der Waals surface area contributed by atoms with Gasteiger partial charge in [0.1, 0.15) is 11.5 Å². The van der Waals surface area contributed by atoms with Crippen molar-refractivity contribution in [2.24, 2.45) is 0 Å². The van der Waals surface area contributed by atoms with E-state index in [4.69, 9.17) is 9.47 Å². The van der Waals surface area contributed by atoms with Gasteiger partial charge in [-0.05, 0) is 70.5 Å². The van der Waals surface area contributed by atoms with Gasteiger partial charge in [-0.1, -0.05) is 6.07 Å². The molecule has 0 heterocycles. The predicted molar refractivity (Wildman–Crippen MR) is 122 cm³/mol. The number of hydrogen-bond acceptors (Lipinski definition) is 6. The fourth-order valence-electron chi connectivity index (χ4n) is 2.63. The van der Waals surface area contributed by atoms with Crippen LogP contribution < -0.4 is 18.9 Å². The first kappa shape index (κ1) is 22.9. The van der Waals surface area contributed by atoms with E-state index in [2.05, 4.69) is 25.4 Å². The molecule has 0 saturated carbocycles. The molecule has 0 atom stereocenters. The predicted octanol–water partition coefficient (Wildman–Crippen LogP) is 4.07. The Hall–Kier alpha value is -2.76. The second kappa shape index (κ2) is 9.16. The summed E-state index contributed by atoms with van der Waals surface area (Å²) in [6.45, 7) is 0. The zero-order chi connectivity index (χ0) is 22.6. The topological polar surface area (TPSA) is 111 Å². The number of anilines is 2. The summed E-state index contributed by atoms with van der Waals surface area (Å²) in [5.41, 5.74) is 0.557. The van der Waals surface area contributed by atoms with Crippen molar-refractivity contribution in [2.75, 3.05) is 23.7 Å². The molecule has 0 spiro atoms. The van der Waals surface area contributed by atoms with E-state index in [-0.39, 0.29) is 15.5 Å². The molecular formula is C20H19BrN2O6S2. The molecule has 0 aliphatic carbocycles. The lowest BCUT2D eigenvalue weighted by Crippen LogP contribution is -2.14. The number of rotatable bonds is 8. The van der Waals surface area contributed by atoms with E-state index in [0.717, 1.165) is 0 Å². The molecule has 0 aliphatic rings. The molecule has 31 heavy (non-hydrogen) atoms. The molecule has 11 heteroatoms. The molecular weight excluding hydrogens is 508 g/mol. The monoisotopic (exact) mass is 526 g/mol. The molecule has 0 unspecified atom stereocenters. The van der Waals surface area contributed by atoms with Crippen molar-refractivity contribution in [1.29, 1.82) is 0 Å². The van der Waals surface area contributed by atoms with Gasteiger partial charge in [0.2, 0.25) is 0 Å². The largest absolute Gasteiger partial charge is 0.497 e. The van der Waals surface area contributed by atoms with Crippen LogP contribution in [0.5, 0.6) is 11.5 Å². The molecule has 3 aromatic carbocycles. The van der Waals surface area contributed by atoms with Crippen LogP contribution in [0.1, 0.15) is 0 Å². The second-order valence-corrected chi connectivity index (χ2v) is 10.5. The van der Waals surface area contributed by atoms with Crippen LogP contribution in [-0.4, -0.2) is 31.1 Å². The Morgan fingerprint density at radius 1 is 0.710 bits per heavy atom. The van der Waals surface area contributed by atoms with Crippen LogP contribution in [0.15, 0.2) is 81.0 Å².